The Morgan fingerprint density at radius 1 is 0.396 bits per heavy atom. The van der Waals surface area contributed by atoms with Gasteiger partial charge in [-0.05, 0) is 75.8 Å². The van der Waals surface area contributed by atoms with Crippen LogP contribution in [0.3, 0.4) is 0 Å². The van der Waals surface area contributed by atoms with E-state index in [2.05, 4.69) is 209 Å². The minimum atomic E-state index is -0.474. The van der Waals surface area contributed by atoms with Crippen LogP contribution in [-0.4, -0.2) is 14.1 Å². The summed E-state index contributed by atoms with van der Waals surface area (Å²) in [5.74, 6) is 0.937. The molecule has 10 aromatic rings. The van der Waals surface area contributed by atoms with E-state index in [1.807, 2.05) is 0 Å². The largest absolute Gasteiger partial charge is 0.309 e. The van der Waals surface area contributed by atoms with Crippen molar-refractivity contribution in [2.24, 2.45) is 0 Å². The molecule has 0 unspecified atom stereocenters. The summed E-state index contributed by atoms with van der Waals surface area (Å²) in [5.41, 5.74) is 15.0. The lowest BCUT2D eigenvalue weighted by atomic mass is 9.63. The first-order valence-corrected chi connectivity index (χ1v) is 18.2. The van der Waals surface area contributed by atoms with Gasteiger partial charge in [-0.1, -0.05) is 158 Å². The van der Waals surface area contributed by atoms with Crippen LogP contribution in [0.1, 0.15) is 22.3 Å². The molecule has 3 heterocycles. The van der Waals surface area contributed by atoms with E-state index in [1.165, 1.54) is 60.9 Å². The number of hydrogen-bond donors (Lipinski definition) is 0. The van der Waals surface area contributed by atoms with Crippen molar-refractivity contribution in [2.75, 3.05) is 0 Å². The first kappa shape index (κ1) is 29.7. The highest BCUT2D eigenvalue weighted by atomic mass is 15.1. The molecule has 3 heteroatoms. The highest BCUT2D eigenvalue weighted by molar-refractivity contribution is 6.13. The molecule has 0 spiro atoms. The Morgan fingerprint density at radius 2 is 1.00 bits per heavy atom. The first-order chi connectivity index (χ1) is 26.3. The van der Waals surface area contributed by atoms with E-state index in [0.29, 0.717) is 0 Å². The van der Waals surface area contributed by atoms with Crippen LogP contribution in [-0.2, 0) is 5.41 Å². The molecule has 0 saturated heterocycles. The van der Waals surface area contributed by atoms with Gasteiger partial charge < -0.3 is 4.57 Å². The van der Waals surface area contributed by atoms with E-state index in [0.717, 1.165) is 28.1 Å². The van der Waals surface area contributed by atoms with Crippen LogP contribution in [0.5, 0.6) is 0 Å². The van der Waals surface area contributed by atoms with Gasteiger partial charge in [0.1, 0.15) is 5.82 Å². The summed E-state index contributed by atoms with van der Waals surface area (Å²) in [7, 11) is 0. The third kappa shape index (κ3) is 4.25. The lowest BCUT2D eigenvalue weighted by Gasteiger charge is -2.41. The van der Waals surface area contributed by atoms with Crippen molar-refractivity contribution in [1.29, 1.82) is 0 Å². The van der Waals surface area contributed by atoms with Crippen LogP contribution in [0.2, 0.25) is 0 Å². The Labute approximate surface area is 307 Å². The van der Waals surface area contributed by atoms with Crippen molar-refractivity contribution in [3.63, 3.8) is 0 Å². The molecule has 0 amide bonds. The van der Waals surface area contributed by atoms with Crippen molar-refractivity contribution in [1.82, 2.24) is 14.1 Å². The zero-order chi connectivity index (χ0) is 34.9. The fraction of sp³-hybridized carbons (Fsp3) is 0.0200. The van der Waals surface area contributed by atoms with Gasteiger partial charge in [-0.25, -0.2) is 4.98 Å². The zero-order valence-corrected chi connectivity index (χ0v) is 28.9. The Bertz CT molecular complexity index is 2930. The fourth-order valence-corrected chi connectivity index (χ4v) is 8.97. The van der Waals surface area contributed by atoms with Gasteiger partial charge in [-0.15, -0.1) is 0 Å². The molecule has 0 N–H and O–H groups in total. The second kappa shape index (κ2) is 11.5. The third-order valence-corrected chi connectivity index (χ3v) is 11.2. The van der Waals surface area contributed by atoms with E-state index < -0.39 is 5.41 Å². The maximum absolute atomic E-state index is 5.10. The molecule has 0 atom stereocenters. The summed E-state index contributed by atoms with van der Waals surface area (Å²) in [6, 6.07) is 72.6. The van der Waals surface area contributed by atoms with Crippen molar-refractivity contribution in [3.05, 3.63) is 222 Å². The van der Waals surface area contributed by atoms with Gasteiger partial charge in [0, 0.05) is 22.0 Å². The number of imidazole rings is 1. The van der Waals surface area contributed by atoms with Crippen LogP contribution in [0.15, 0.2) is 200 Å². The van der Waals surface area contributed by atoms with Crippen molar-refractivity contribution < 1.29 is 0 Å². The van der Waals surface area contributed by atoms with E-state index in [-0.39, 0.29) is 0 Å². The number of hydrogen-bond acceptors (Lipinski definition) is 1. The van der Waals surface area contributed by atoms with Gasteiger partial charge in [0.2, 0.25) is 0 Å². The SMILES string of the molecule is c1ccc(-n2c(-c3ccc(-c4ccc5c(c4)c4cccc6c4n5-c4ccccc4C6(c4ccccc4)c4ccccc4)cc3)nc3ccccc32)cc1. The number of benzene rings is 8. The number of rotatable bonds is 5. The van der Waals surface area contributed by atoms with Crippen molar-refractivity contribution in [2.45, 2.75) is 5.41 Å². The van der Waals surface area contributed by atoms with E-state index in [9.17, 15) is 0 Å². The van der Waals surface area contributed by atoms with Gasteiger partial charge in [-0.2, -0.15) is 0 Å². The first-order valence-electron chi connectivity index (χ1n) is 18.2. The summed E-state index contributed by atoms with van der Waals surface area (Å²) >= 11 is 0. The van der Waals surface area contributed by atoms with Crippen LogP contribution in [0.25, 0.3) is 66.7 Å². The summed E-state index contributed by atoms with van der Waals surface area (Å²) in [6.45, 7) is 0. The summed E-state index contributed by atoms with van der Waals surface area (Å²) < 4.78 is 4.76. The smallest absolute Gasteiger partial charge is 0.145 e. The second-order valence-corrected chi connectivity index (χ2v) is 13.9. The van der Waals surface area contributed by atoms with Crippen LogP contribution >= 0.6 is 0 Å². The topological polar surface area (TPSA) is 22.8 Å². The minimum absolute atomic E-state index is 0.474. The molecule has 0 aliphatic carbocycles. The standard InChI is InChI=1S/C50H33N3/c1-4-15-37(16-5-1)50(38-17-6-2-7-18-38)42-22-10-12-25-46(42)53-45-32-31-36(33-41(45)40-21-14-23-43(50)48(40)53)34-27-29-35(30-28-34)49-51-44-24-11-13-26-47(44)52(49)39-19-8-3-9-20-39/h1-33H. The molecule has 11 rings (SSSR count). The van der Waals surface area contributed by atoms with Crippen molar-refractivity contribution >= 4 is 32.8 Å². The lowest BCUT2D eigenvalue weighted by molar-refractivity contribution is 0.728. The molecule has 0 bridgehead atoms. The lowest BCUT2D eigenvalue weighted by Crippen LogP contribution is -2.35. The van der Waals surface area contributed by atoms with E-state index in [4.69, 9.17) is 4.98 Å². The Hall–Kier alpha value is -6.97. The van der Waals surface area contributed by atoms with Crippen LogP contribution in [0, 0.1) is 0 Å². The molecule has 3 nitrogen and oxygen atoms in total. The number of para-hydroxylation sites is 5. The van der Waals surface area contributed by atoms with Gasteiger partial charge in [0.25, 0.3) is 0 Å². The van der Waals surface area contributed by atoms with Crippen LogP contribution in [0.4, 0.5) is 0 Å². The van der Waals surface area contributed by atoms with Gasteiger partial charge in [0.15, 0.2) is 0 Å². The quantitative estimate of drug-likeness (QED) is 0.178. The molecule has 248 valence electrons. The fourth-order valence-electron chi connectivity index (χ4n) is 8.97. The van der Waals surface area contributed by atoms with E-state index in [1.54, 1.807) is 0 Å². The van der Waals surface area contributed by atoms with Gasteiger partial charge in [0.05, 0.1) is 33.2 Å². The number of aromatic nitrogens is 3. The highest BCUT2D eigenvalue weighted by Gasteiger charge is 2.45. The molecule has 53 heavy (non-hydrogen) atoms. The van der Waals surface area contributed by atoms with Crippen molar-refractivity contribution in [3.8, 4) is 33.9 Å². The monoisotopic (exact) mass is 675 g/mol. The molecule has 2 aromatic heterocycles. The van der Waals surface area contributed by atoms with E-state index >= 15 is 0 Å². The average Bonchev–Trinajstić information content (AvgIpc) is 3.79. The molecule has 1 aliphatic rings. The predicted octanol–water partition coefficient (Wildman–Crippen LogP) is 12.2. The Kier molecular flexibility index (Phi) is 6.47. The highest BCUT2D eigenvalue weighted by Crippen LogP contribution is 2.54. The maximum atomic E-state index is 5.10. The number of fused-ring (bicyclic) bond motifs is 6. The molecule has 1 aliphatic heterocycles. The average molecular weight is 676 g/mol. The molecule has 0 radical (unpaired) electrons. The Morgan fingerprint density at radius 3 is 1.75 bits per heavy atom. The molecular weight excluding hydrogens is 643 g/mol. The minimum Gasteiger partial charge on any atom is -0.309 e. The summed E-state index contributed by atoms with van der Waals surface area (Å²) in [4.78, 5) is 5.10. The van der Waals surface area contributed by atoms with Gasteiger partial charge in [-0.3, -0.25) is 4.57 Å². The molecule has 8 aromatic carbocycles. The Balaban J connectivity index is 1.10. The van der Waals surface area contributed by atoms with Crippen LogP contribution < -0.4 is 0 Å². The maximum Gasteiger partial charge on any atom is 0.145 e. The molecule has 0 saturated carbocycles. The summed E-state index contributed by atoms with van der Waals surface area (Å²) in [5, 5.41) is 2.51. The third-order valence-electron chi connectivity index (χ3n) is 11.2. The zero-order valence-electron chi connectivity index (χ0n) is 28.9. The number of nitrogens with zero attached hydrogens (tertiary/aromatic N) is 3. The van der Waals surface area contributed by atoms with Gasteiger partial charge >= 0.3 is 0 Å². The molecule has 0 fully saturated rings. The second-order valence-electron chi connectivity index (χ2n) is 13.9. The predicted molar refractivity (Wildman–Crippen MR) is 218 cm³/mol. The molecular formula is C50H33N3. The normalized spacial score (nSPS) is 13.1. The summed E-state index contributed by atoms with van der Waals surface area (Å²) in [6.07, 6.45) is 0.